The van der Waals surface area contributed by atoms with E-state index in [0.29, 0.717) is 10.2 Å². The van der Waals surface area contributed by atoms with Gasteiger partial charge in [-0.25, -0.2) is 9.59 Å². The highest BCUT2D eigenvalue weighted by Crippen LogP contribution is 2.26. The Morgan fingerprint density at radius 3 is 2.29 bits per heavy atom. The molecule has 0 atom stereocenters. The first-order valence-electron chi connectivity index (χ1n) is 5.83. The van der Waals surface area contributed by atoms with Crippen LogP contribution in [0.5, 0.6) is 0 Å². The third-order valence-corrected chi connectivity index (χ3v) is 3.73. The highest BCUT2D eigenvalue weighted by molar-refractivity contribution is 9.11. The Morgan fingerprint density at radius 1 is 0.952 bits per heavy atom. The molecule has 7 heteroatoms. The third-order valence-electron chi connectivity index (χ3n) is 2.59. The summed E-state index contributed by atoms with van der Waals surface area (Å²) in [5.74, 6) is -1.10. The number of carbonyl (C=O) groups excluding carboxylic acids is 1. The van der Waals surface area contributed by atoms with E-state index < -0.39 is 12.0 Å². The van der Waals surface area contributed by atoms with Gasteiger partial charge in [-0.15, -0.1) is 0 Å². The number of hydrogen-bond acceptors (Lipinski definition) is 2. The van der Waals surface area contributed by atoms with Gasteiger partial charge in [0, 0.05) is 8.95 Å². The maximum atomic E-state index is 11.9. The molecule has 0 saturated heterocycles. The monoisotopic (exact) mass is 412 g/mol. The van der Waals surface area contributed by atoms with Crippen molar-refractivity contribution in [3.8, 4) is 0 Å². The molecule has 0 bridgehead atoms. The van der Waals surface area contributed by atoms with Crippen molar-refractivity contribution in [3.05, 3.63) is 57.0 Å². The van der Waals surface area contributed by atoms with Crippen LogP contribution in [0.2, 0.25) is 0 Å². The van der Waals surface area contributed by atoms with Crippen LogP contribution in [-0.2, 0) is 0 Å². The van der Waals surface area contributed by atoms with Gasteiger partial charge in [0.25, 0.3) is 0 Å². The number of rotatable bonds is 3. The van der Waals surface area contributed by atoms with Crippen LogP contribution in [0.15, 0.2) is 51.4 Å². The minimum atomic E-state index is -1.10. The van der Waals surface area contributed by atoms with E-state index in [9.17, 15) is 9.59 Å². The smallest absolute Gasteiger partial charge is 0.337 e. The second-order valence-corrected chi connectivity index (χ2v) is 5.82. The molecule has 5 nitrogen and oxygen atoms in total. The van der Waals surface area contributed by atoms with Gasteiger partial charge >= 0.3 is 12.0 Å². The number of aromatic carboxylic acids is 1. The molecule has 0 fully saturated rings. The Balaban J connectivity index is 2.14. The average Bonchev–Trinajstić information content (AvgIpc) is 2.42. The zero-order chi connectivity index (χ0) is 15.4. The molecule has 0 radical (unpaired) electrons. The number of para-hydroxylation sites is 1. The fraction of sp³-hybridized carbons (Fsp3) is 0. The molecule has 0 saturated carbocycles. The summed E-state index contributed by atoms with van der Waals surface area (Å²) < 4.78 is 1.58. The quantitative estimate of drug-likeness (QED) is 0.690. The van der Waals surface area contributed by atoms with E-state index in [1.807, 2.05) is 0 Å². The lowest BCUT2D eigenvalue weighted by Crippen LogP contribution is -2.21. The van der Waals surface area contributed by atoms with Crippen molar-refractivity contribution < 1.29 is 14.7 Å². The van der Waals surface area contributed by atoms with Gasteiger partial charge in [-0.05, 0) is 46.3 Å². The van der Waals surface area contributed by atoms with Crippen molar-refractivity contribution >= 4 is 55.2 Å². The number of halogens is 2. The van der Waals surface area contributed by atoms with E-state index in [0.717, 1.165) is 4.47 Å². The van der Waals surface area contributed by atoms with Gasteiger partial charge in [-0.1, -0.05) is 28.1 Å². The van der Waals surface area contributed by atoms with Gasteiger partial charge in [-0.2, -0.15) is 0 Å². The summed E-state index contributed by atoms with van der Waals surface area (Å²) >= 11 is 6.65. The number of benzene rings is 2. The summed E-state index contributed by atoms with van der Waals surface area (Å²) in [5, 5.41) is 14.2. The molecule has 3 N–H and O–H groups in total. The fourth-order valence-corrected chi connectivity index (χ4v) is 2.79. The molecule has 2 rings (SSSR count). The minimum Gasteiger partial charge on any atom is -0.478 e. The molecule has 2 aromatic rings. The van der Waals surface area contributed by atoms with Gasteiger partial charge in [0.15, 0.2) is 0 Å². The fourth-order valence-electron chi connectivity index (χ4n) is 1.65. The van der Waals surface area contributed by atoms with Crippen molar-refractivity contribution in [1.82, 2.24) is 0 Å². The Kier molecular flexibility index (Phi) is 4.98. The number of hydrogen-bond donors (Lipinski definition) is 3. The molecular formula is C14H10Br2N2O3. The largest absolute Gasteiger partial charge is 0.478 e. The Hall–Kier alpha value is -1.86. The lowest BCUT2D eigenvalue weighted by molar-refractivity contribution is 0.0698. The molecule has 0 heterocycles. The molecule has 0 spiro atoms. The topological polar surface area (TPSA) is 78.4 Å². The van der Waals surface area contributed by atoms with Crippen molar-refractivity contribution in [1.29, 1.82) is 0 Å². The third kappa shape index (κ3) is 4.05. The Morgan fingerprint density at radius 2 is 1.62 bits per heavy atom. The zero-order valence-electron chi connectivity index (χ0n) is 10.6. The standard InChI is InChI=1S/C14H10Br2N2O3/c15-8-5-6-12(10(16)7-8)18-14(21)17-11-4-2-1-3-9(11)13(19)20/h1-7H,(H,19,20)(H2,17,18,21). The first-order chi connectivity index (χ1) is 9.97. The maximum Gasteiger partial charge on any atom is 0.337 e. The van der Waals surface area contributed by atoms with Gasteiger partial charge in [-0.3, -0.25) is 0 Å². The first kappa shape index (κ1) is 15.5. The molecule has 0 aromatic heterocycles. The lowest BCUT2D eigenvalue weighted by atomic mass is 10.2. The number of nitrogens with one attached hydrogen (secondary N) is 2. The summed E-state index contributed by atoms with van der Waals surface area (Å²) in [6, 6.07) is 11.0. The number of carbonyl (C=O) groups is 2. The van der Waals surface area contributed by atoms with E-state index in [4.69, 9.17) is 5.11 Å². The van der Waals surface area contributed by atoms with E-state index in [1.165, 1.54) is 12.1 Å². The van der Waals surface area contributed by atoms with Crippen LogP contribution in [0, 0.1) is 0 Å². The molecule has 0 unspecified atom stereocenters. The number of carboxylic acids is 1. The average molecular weight is 414 g/mol. The van der Waals surface area contributed by atoms with Crippen LogP contribution in [0.25, 0.3) is 0 Å². The molecule has 2 amide bonds. The van der Waals surface area contributed by atoms with Crippen molar-refractivity contribution in [3.63, 3.8) is 0 Å². The van der Waals surface area contributed by atoms with Gasteiger partial charge in [0.1, 0.15) is 0 Å². The van der Waals surface area contributed by atoms with E-state index in [1.54, 1.807) is 30.3 Å². The molecular weight excluding hydrogens is 404 g/mol. The van der Waals surface area contributed by atoms with Crippen LogP contribution >= 0.6 is 31.9 Å². The molecule has 0 aliphatic rings. The number of amides is 2. The molecule has 108 valence electrons. The van der Waals surface area contributed by atoms with Crippen LogP contribution < -0.4 is 10.6 Å². The highest BCUT2D eigenvalue weighted by Gasteiger charge is 2.12. The van der Waals surface area contributed by atoms with E-state index in [2.05, 4.69) is 42.5 Å². The molecule has 21 heavy (non-hydrogen) atoms. The number of urea groups is 1. The Labute approximate surface area is 137 Å². The van der Waals surface area contributed by atoms with Gasteiger partial charge in [0.05, 0.1) is 16.9 Å². The minimum absolute atomic E-state index is 0.0301. The van der Waals surface area contributed by atoms with Crippen molar-refractivity contribution in [2.45, 2.75) is 0 Å². The maximum absolute atomic E-state index is 11.9. The van der Waals surface area contributed by atoms with E-state index in [-0.39, 0.29) is 11.3 Å². The van der Waals surface area contributed by atoms with Crippen LogP contribution in [-0.4, -0.2) is 17.1 Å². The SMILES string of the molecule is O=C(Nc1ccc(Br)cc1Br)Nc1ccccc1C(=O)O. The molecule has 0 aliphatic carbocycles. The van der Waals surface area contributed by atoms with Crippen molar-refractivity contribution in [2.24, 2.45) is 0 Å². The zero-order valence-corrected chi connectivity index (χ0v) is 13.7. The summed E-state index contributed by atoms with van der Waals surface area (Å²) in [6.45, 7) is 0. The van der Waals surface area contributed by atoms with Gasteiger partial charge < -0.3 is 15.7 Å². The summed E-state index contributed by atoms with van der Waals surface area (Å²) in [4.78, 5) is 23.0. The second kappa shape index (κ2) is 6.73. The lowest BCUT2D eigenvalue weighted by Gasteiger charge is -2.11. The first-order valence-corrected chi connectivity index (χ1v) is 7.41. The number of anilines is 2. The predicted molar refractivity (Wildman–Crippen MR) is 87.9 cm³/mol. The normalized spacial score (nSPS) is 10.0. The van der Waals surface area contributed by atoms with Crippen LogP contribution in [0.1, 0.15) is 10.4 Å². The molecule has 2 aromatic carbocycles. The summed E-state index contributed by atoms with van der Waals surface area (Å²) in [5.41, 5.74) is 0.835. The second-order valence-electron chi connectivity index (χ2n) is 4.05. The van der Waals surface area contributed by atoms with Crippen LogP contribution in [0.3, 0.4) is 0 Å². The predicted octanol–water partition coefficient (Wildman–Crippen LogP) is 4.55. The van der Waals surface area contributed by atoms with E-state index >= 15 is 0 Å². The van der Waals surface area contributed by atoms with Gasteiger partial charge in [0.2, 0.25) is 0 Å². The Bertz CT molecular complexity index is 704. The van der Waals surface area contributed by atoms with Crippen LogP contribution in [0.4, 0.5) is 16.2 Å². The summed E-state index contributed by atoms with van der Waals surface area (Å²) in [6.07, 6.45) is 0. The highest BCUT2D eigenvalue weighted by atomic mass is 79.9. The summed E-state index contributed by atoms with van der Waals surface area (Å²) in [7, 11) is 0. The van der Waals surface area contributed by atoms with Crippen molar-refractivity contribution in [2.75, 3.05) is 10.6 Å². The molecule has 0 aliphatic heterocycles. The number of carboxylic acid groups (broad SMARTS) is 1.